The average molecular weight is 407 g/mol. The molecular formula is C22H25N5O3. The quantitative estimate of drug-likeness (QED) is 0.625. The number of methoxy groups -OCH3 is 2. The Morgan fingerprint density at radius 3 is 2.70 bits per heavy atom. The van der Waals surface area contributed by atoms with Crippen molar-refractivity contribution >= 4 is 5.91 Å². The van der Waals surface area contributed by atoms with Crippen LogP contribution in [0, 0.1) is 6.92 Å². The van der Waals surface area contributed by atoms with Crippen LogP contribution in [0.2, 0.25) is 0 Å². The highest BCUT2D eigenvalue weighted by Gasteiger charge is 2.35. The van der Waals surface area contributed by atoms with Crippen molar-refractivity contribution in [3.8, 4) is 11.8 Å². The first-order valence-corrected chi connectivity index (χ1v) is 9.93. The van der Waals surface area contributed by atoms with Crippen LogP contribution in [0.4, 0.5) is 0 Å². The number of carbonyl (C=O) groups excluding carboxylic acids is 1. The Bertz CT molecular complexity index is 1030. The third kappa shape index (κ3) is 3.72. The lowest BCUT2D eigenvalue weighted by atomic mass is 10.1. The molecule has 0 aliphatic carbocycles. The molecule has 0 aromatic carbocycles. The SMILES string of the molecule is COc1ccc(C(=O)N2CCCC2c2ncc(C)n2Cc2ccncc2)c(OC)n1. The molecule has 0 saturated carbocycles. The highest BCUT2D eigenvalue weighted by Crippen LogP contribution is 2.34. The van der Waals surface area contributed by atoms with E-state index in [-0.39, 0.29) is 17.8 Å². The molecule has 1 amide bonds. The molecule has 156 valence electrons. The number of imidazole rings is 1. The van der Waals surface area contributed by atoms with E-state index in [0.29, 0.717) is 24.5 Å². The lowest BCUT2D eigenvalue weighted by molar-refractivity contribution is 0.0723. The minimum Gasteiger partial charge on any atom is -0.481 e. The van der Waals surface area contributed by atoms with Gasteiger partial charge in [-0.3, -0.25) is 9.78 Å². The molecule has 0 N–H and O–H groups in total. The van der Waals surface area contributed by atoms with Gasteiger partial charge in [-0.1, -0.05) is 0 Å². The fraction of sp³-hybridized carbons (Fsp3) is 0.364. The molecule has 1 aliphatic rings. The molecule has 0 spiro atoms. The van der Waals surface area contributed by atoms with Gasteiger partial charge in [-0.2, -0.15) is 4.98 Å². The van der Waals surface area contributed by atoms with Crippen LogP contribution in [0.5, 0.6) is 11.8 Å². The van der Waals surface area contributed by atoms with E-state index in [2.05, 4.69) is 19.5 Å². The second kappa shape index (κ2) is 8.52. The molecule has 30 heavy (non-hydrogen) atoms. The molecule has 3 aromatic rings. The Morgan fingerprint density at radius 2 is 1.97 bits per heavy atom. The van der Waals surface area contributed by atoms with Crippen LogP contribution in [0.1, 0.15) is 46.3 Å². The second-order valence-corrected chi connectivity index (χ2v) is 7.27. The van der Waals surface area contributed by atoms with Gasteiger partial charge in [-0.25, -0.2) is 4.98 Å². The summed E-state index contributed by atoms with van der Waals surface area (Å²) in [5.74, 6) is 1.46. The minimum atomic E-state index is -0.111. The number of rotatable bonds is 6. The minimum absolute atomic E-state index is 0.0974. The predicted octanol–water partition coefficient (Wildman–Crippen LogP) is 3.02. The molecular weight excluding hydrogens is 382 g/mol. The molecule has 1 saturated heterocycles. The van der Waals surface area contributed by atoms with E-state index in [9.17, 15) is 4.79 Å². The van der Waals surface area contributed by atoms with Gasteiger partial charge in [0.1, 0.15) is 11.4 Å². The van der Waals surface area contributed by atoms with Crippen LogP contribution < -0.4 is 9.47 Å². The second-order valence-electron chi connectivity index (χ2n) is 7.27. The zero-order chi connectivity index (χ0) is 21.1. The molecule has 4 rings (SSSR count). The van der Waals surface area contributed by atoms with Gasteiger partial charge in [0, 0.05) is 43.4 Å². The summed E-state index contributed by atoms with van der Waals surface area (Å²) in [6.45, 7) is 3.39. The van der Waals surface area contributed by atoms with Gasteiger partial charge in [0.05, 0.1) is 20.3 Å². The molecule has 0 bridgehead atoms. The van der Waals surface area contributed by atoms with Gasteiger partial charge in [0.15, 0.2) is 0 Å². The maximum atomic E-state index is 13.4. The summed E-state index contributed by atoms with van der Waals surface area (Å²) in [6.07, 6.45) is 7.23. The van der Waals surface area contributed by atoms with Crippen LogP contribution in [-0.2, 0) is 6.54 Å². The van der Waals surface area contributed by atoms with Gasteiger partial charge in [0.25, 0.3) is 5.91 Å². The zero-order valence-electron chi connectivity index (χ0n) is 17.4. The van der Waals surface area contributed by atoms with Gasteiger partial charge < -0.3 is 18.9 Å². The largest absolute Gasteiger partial charge is 0.481 e. The topological polar surface area (TPSA) is 82.4 Å². The zero-order valence-corrected chi connectivity index (χ0v) is 17.4. The molecule has 8 heteroatoms. The molecule has 1 aliphatic heterocycles. The fourth-order valence-electron chi connectivity index (χ4n) is 3.91. The first-order chi connectivity index (χ1) is 14.6. The van der Waals surface area contributed by atoms with E-state index in [1.807, 2.05) is 30.2 Å². The average Bonchev–Trinajstić information content (AvgIpc) is 3.40. The van der Waals surface area contributed by atoms with E-state index in [1.165, 1.54) is 14.2 Å². The summed E-state index contributed by atoms with van der Waals surface area (Å²) in [6, 6.07) is 7.27. The van der Waals surface area contributed by atoms with Crippen molar-refractivity contribution in [3.63, 3.8) is 0 Å². The first-order valence-electron chi connectivity index (χ1n) is 9.93. The van der Waals surface area contributed by atoms with Crippen LogP contribution in [-0.4, -0.2) is 51.1 Å². The van der Waals surface area contributed by atoms with Crippen LogP contribution in [0.25, 0.3) is 0 Å². The van der Waals surface area contributed by atoms with E-state index < -0.39 is 0 Å². The summed E-state index contributed by atoms with van der Waals surface area (Å²) in [5, 5.41) is 0. The Labute approximate surface area is 175 Å². The van der Waals surface area contributed by atoms with E-state index in [0.717, 1.165) is 29.9 Å². The number of ether oxygens (including phenoxy) is 2. The predicted molar refractivity (Wildman–Crippen MR) is 111 cm³/mol. The van der Waals surface area contributed by atoms with Crippen LogP contribution >= 0.6 is 0 Å². The third-order valence-corrected chi connectivity index (χ3v) is 5.46. The summed E-state index contributed by atoms with van der Waals surface area (Å²) < 4.78 is 12.7. The number of aromatic nitrogens is 4. The van der Waals surface area contributed by atoms with Crippen molar-refractivity contribution in [2.24, 2.45) is 0 Å². The molecule has 0 radical (unpaired) electrons. The number of amides is 1. The van der Waals surface area contributed by atoms with Crippen molar-refractivity contribution < 1.29 is 14.3 Å². The monoisotopic (exact) mass is 407 g/mol. The van der Waals surface area contributed by atoms with Crippen molar-refractivity contribution in [1.82, 2.24) is 24.4 Å². The number of pyridine rings is 2. The lowest BCUT2D eigenvalue weighted by Gasteiger charge is -2.26. The van der Waals surface area contributed by atoms with E-state index in [1.54, 1.807) is 24.5 Å². The summed E-state index contributed by atoms with van der Waals surface area (Å²) in [5.41, 5.74) is 2.63. The van der Waals surface area contributed by atoms with Gasteiger partial charge in [-0.05, 0) is 43.5 Å². The van der Waals surface area contributed by atoms with Crippen molar-refractivity contribution in [2.75, 3.05) is 20.8 Å². The summed E-state index contributed by atoms with van der Waals surface area (Å²) in [7, 11) is 3.04. The highest BCUT2D eigenvalue weighted by molar-refractivity contribution is 5.96. The lowest BCUT2D eigenvalue weighted by Crippen LogP contribution is -2.32. The smallest absolute Gasteiger partial charge is 0.259 e. The Balaban J connectivity index is 1.64. The molecule has 8 nitrogen and oxygen atoms in total. The molecule has 4 heterocycles. The molecule has 1 fully saturated rings. The Morgan fingerprint density at radius 1 is 1.17 bits per heavy atom. The van der Waals surface area contributed by atoms with Gasteiger partial charge in [0.2, 0.25) is 11.8 Å². The molecule has 1 unspecified atom stereocenters. The van der Waals surface area contributed by atoms with E-state index >= 15 is 0 Å². The summed E-state index contributed by atoms with van der Waals surface area (Å²) in [4.78, 5) is 28.3. The number of likely N-dealkylation sites (tertiary alicyclic amines) is 1. The standard InChI is InChI=1S/C22H25N5O3/c1-15-13-24-20(27(15)14-16-8-10-23-11-9-16)18-5-4-12-26(18)22(28)17-6-7-19(29-2)25-21(17)30-3/h6-11,13,18H,4-5,12,14H2,1-3H3. The Kier molecular flexibility index (Phi) is 5.65. The molecule has 1 atom stereocenters. The van der Waals surface area contributed by atoms with Gasteiger partial charge in [-0.15, -0.1) is 0 Å². The molecule has 3 aromatic heterocycles. The van der Waals surface area contributed by atoms with E-state index in [4.69, 9.17) is 9.47 Å². The number of hydrogen-bond acceptors (Lipinski definition) is 6. The fourth-order valence-corrected chi connectivity index (χ4v) is 3.91. The third-order valence-electron chi connectivity index (χ3n) is 5.46. The van der Waals surface area contributed by atoms with Crippen LogP contribution in [0.3, 0.4) is 0 Å². The maximum Gasteiger partial charge on any atom is 0.259 e. The summed E-state index contributed by atoms with van der Waals surface area (Å²) >= 11 is 0. The van der Waals surface area contributed by atoms with Crippen molar-refractivity contribution in [1.29, 1.82) is 0 Å². The number of aryl methyl sites for hydroxylation is 1. The normalized spacial score (nSPS) is 16.0. The van der Waals surface area contributed by atoms with Crippen LogP contribution in [0.15, 0.2) is 42.9 Å². The number of hydrogen-bond donors (Lipinski definition) is 0. The van der Waals surface area contributed by atoms with Crippen molar-refractivity contribution in [3.05, 3.63) is 65.5 Å². The highest BCUT2D eigenvalue weighted by atomic mass is 16.5. The number of carbonyl (C=O) groups is 1. The van der Waals surface area contributed by atoms with Gasteiger partial charge >= 0.3 is 0 Å². The van der Waals surface area contributed by atoms with Crippen molar-refractivity contribution in [2.45, 2.75) is 32.4 Å². The maximum absolute atomic E-state index is 13.4. The Hall–Kier alpha value is -3.42. The first kappa shape index (κ1) is 19.9. The number of nitrogens with zero attached hydrogens (tertiary/aromatic N) is 5.